The molecule has 1 nitrogen and oxygen atoms in total. The van der Waals surface area contributed by atoms with Gasteiger partial charge in [0, 0.05) is 23.2 Å². The van der Waals surface area contributed by atoms with Crippen LogP contribution in [0.15, 0.2) is 53.6 Å². The van der Waals surface area contributed by atoms with Gasteiger partial charge in [0.2, 0.25) is 0 Å². The number of para-hydroxylation sites is 1. The van der Waals surface area contributed by atoms with E-state index >= 15 is 0 Å². The number of thiol groups is 1. The molecule has 0 unspecified atom stereocenters. The maximum atomic E-state index is 4.92. The van der Waals surface area contributed by atoms with E-state index in [0.717, 1.165) is 24.3 Å². The summed E-state index contributed by atoms with van der Waals surface area (Å²) in [6.07, 6.45) is 4.44. The highest BCUT2D eigenvalue weighted by Gasteiger charge is 2.24. The van der Waals surface area contributed by atoms with E-state index in [0.29, 0.717) is 0 Å². The van der Waals surface area contributed by atoms with Gasteiger partial charge in [0.1, 0.15) is 0 Å². The molecule has 3 aromatic rings. The number of fused-ring (bicyclic) bond motifs is 1. The Labute approximate surface area is 170 Å². The minimum atomic E-state index is 0.101. The molecule has 2 heteroatoms. The summed E-state index contributed by atoms with van der Waals surface area (Å²) >= 11 is 4.92. The third kappa shape index (κ3) is 4.43. The fourth-order valence-electron chi connectivity index (χ4n) is 3.77. The average Bonchev–Trinajstić information content (AvgIpc) is 2.97. The van der Waals surface area contributed by atoms with E-state index in [9.17, 15) is 0 Å². The maximum Gasteiger partial charge on any atom is 0.0480 e. The van der Waals surface area contributed by atoms with E-state index in [1.807, 2.05) is 0 Å². The first-order valence-electron chi connectivity index (χ1n) is 9.98. The van der Waals surface area contributed by atoms with Crippen LogP contribution < -0.4 is 0 Å². The van der Waals surface area contributed by atoms with Gasteiger partial charge in [-0.2, -0.15) is 0 Å². The van der Waals surface area contributed by atoms with Crippen LogP contribution in [0, 0.1) is 0 Å². The zero-order valence-electron chi connectivity index (χ0n) is 17.6. The second kappa shape index (κ2) is 7.39. The van der Waals surface area contributed by atoms with Gasteiger partial charge in [-0.25, -0.2) is 0 Å². The van der Waals surface area contributed by atoms with Crippen molar-refractivity contribution in [1.29, 1.82) is 0 Å². The summed E-state index contributed by atoms with van der Waals surface area (Å²) in [5, 5.41) is 1.32. The van der Waals surface area contributed by atoms with Crippen molar-refractivity contribution in [2.75, 3.05) is 0 Å². The van der Waals surface area contributed by atoms with Crippen molar-refractivity contribution in [2.45, 2.75) is 76.7 Å². The van der Waals surface area contributed by atoms with Gasteiger partial charge >= 0.3 is 0 Å². The molecule has 0 aliphatic heterocycles. The van der Waals surface area contributed by atoms with E-state index in [4.69, 9.17) is 12.6 Å². The second-order valence-electron chi connectivity index (χ2n) is 9.71. The molecule has 27 heavy (non-hydrogen) atoms. The lowest BCUT2D eigenvalue weighted by Gasteiger charge is -2.29. The Hall–Kier alpha value is -1.67. The van der Waals surface area contributed by atoms with Crippen LogP contribution in [-0.2, 0) is 23.8 Å². The van der Waals surface area contributed by atoms with E-state index in [2.05, 4.69) is 94.8 Å². The third-order valence-electron chi connectivity index (χ3n) is 5.33. The van der Waals surface area contributed by atoms with Crippen LogP contribution >= 0.6 is 12.6 Å². The molecule has 1 heterocycles. The number of hydrogen-bond acceptors (Lipinski definition) is 1. The van der Waals surface area contributed by atoms with Crippen molar-refractivity contribution < 1.29 is 0 Å². The number of nitrogens with zero attached hydrogens (tertiary/aromatic N) is 1. The van der Waals surface area contributed by atoms with Gasteiger partial charge in [0.25, 0.3) is 0 Å². The number of rotatable bonds is 4. The summed E-state index contributed by atoms with van der Waals surface area (Å²) in [5.74, 6) is 0. The molecule has 0 saturated carbocycles. The molecule has 3 rings (SSSR count). The normalized spacial score (nSPS) is 12.7. The Morgan fingerprint density at radius 2 is 1.44 bits per heavy atom. The summed E-state index contributed by atoms with van der Waals surface area (Å²) in [6.45, 7) is 14.7. The van der Waals surface area contributed by atoms with Crippen LogP contribution in [0.5, 0.6) is 0 Å². The van der Waals surface area contributed by atoms with E-state index in [1.54, 1.807) is 0 Å². The molecule has 0 fully saturated rings. The molecule has 0 radical (unpaired) electrons. The minimum Gasteiger partial charge on any atom is -0.347 e. The van der Waals surface area contributed by atoms with Gasteiger partial charge in [0.05, 0.1) is 0 Å². The molecule has 144 valence electrons. The first-order valence-corrected chi connectivity index (χ1v) is 10.4. The van der Waals surface area contributed by atoms with Crippen molar-refractivity contribution >= 4 is 23.5 Å². The third-order valence-corrected chi connectivity index (χ3v) is 5.81. The van der Waals surface area contributed by atoms with Gasteiger partial charge in [0.15, 0.2) is 0 Å². The molecular formula is C25H33NS. The summed E-state index contributed by atoms with van der Waals surface area (Å²) in [4.78, 5) is 1.16. The highest BCUT2D eigenvalue weighted by molar-refractivity contribution is 7.80. The van der Waals surface area contributed by atoms with Gasteiger partial charge in [-0.1, -0.05) is 71.9 Å². The molecule has 2 aromatic carbocycles. The predicted molar refractivity (Wildman–Crippen MR) is 121 cm³/mol. The lowest BCUT2D eigenvalue weighted by Crippen LogP contribution is -2.19. The summed E-state index contributed by atoms with van der Waals surface area (Å²) in [7, 11) is 0. The lowest BCUT2D eigenvalue weighted by molar-refractivity contribution is 0.544. The van der Waals surface area contributed by atoms with Crippen molar-refractivity contribution in [3.63, 3.8) is 0 Å². The second-order valence-corrected chi connectivity index (χ2v) is 10.2. The maximum absolute atomic E-state index is 4.92. The predicted octanol–water partition coefficient (Wildman–Crippen LogP) is 7.16. The number of aromatic nitrogens is 1. The van der Waals surface area contributed by atoms with Crippen molar-refractivity contribution in [3.05, 3.63) is 65.4 Å². The van der Waals surface area contributed by atoms with Crippen LogP contribution in [0.4, 0.5) is 0 Å². The highest BCUT2D eigenvalue weighted by atomic mass is 32.1. The van der Waals surface area contributed by atoms with Crippen LogP contribution in [-0.4, -0.2) is 4.57 Å². The molecular weight excluding hydrogens is 346 g/mol. The smallest absolute Gasteiger partial charge is 0.0480 e. The molecule has 1 aromatic heterocycles. The van der Waals surface area contributed by atoms with Crippen molar-refractivity contribution in [2.24, 2.45) is 0 Å². The summed E-state index contributed by atoms with van der Waals surface area (Å²) in [6, 6.07) is 15.6. The number of aryl methyl sites for hydroxylation is 2. The fraction of sp³-hybridized carbons (Fsp3) is 0.440. The van der Waals surface area contributed by atoms with Crippen LogP contribution in [0.1, 0.15) is 64.7 Å². The van der Waals surface area contributed by atoms with Crippen LogP contribution in [0.25, 0.3) is 10.9 Å². The quantitative estimate of drug-likeness (QED) is 0.459. The Kier molecular flexibility index (Phi) is 5.49. The number of benzene rings is 2. The molecule has 0 bridgehead atoms. The SMILES string of the molecule is CC(C)(C)c1cc(CCCn2ccc3ccccc32)cc(C(C)(C)C)c1S. The lowest BCUT2D eigenvalue weighted by atomic mass is 9.79. The zero-order chi connectivity index (χ0) is 19.8. The monoisotopic (exact) mass is 379 g/mol. The molecule has 0 spiro atoms. The van der Waals surface area contributed by atoms with E-state index < -0.39 is 0 Å². The Morgan fingerprint density at radius 3 is 2.04 bits per heavy atom. The minimum absolute atomic E-state index is 0.101. The largest absolute Gasteiger partial charge is 0.347 e. The van der Waals surface area contributed by atoms with Gasteiger partial charge < -0.3 is 4.57 Å². The Morgan fingerprint density at radius 1 is 0.852 bits per heavy atom. The standard InChI is InChI=1S/C25H33NS/c1-24(2,3)20-16-18(17-21(23(20)27)25(4,5)6)10-9-14-26-15-13-19-11-7-8-12-22(19)26/h7-8,11-13,15-17,27H,9-10,14H2,1-6H3. The first kappa shape index (κ1) is 20.1. The summed E-state index contributed by atoms with van der Waals surface area (Å²) < 4.78 is 2.37. The first-order chi connectivity index (χ1) is 12.6. The van der Waals surface area contributed by atoms with Gasteiger partial charge in [-0.15, -0.1) is 12.6 Å². The molecule has 0 atom stereocenters. The molecule has 0 amide bonds. The van der Waals surface area contributed by atoms with Crippen molar-refractivity contribution in [1.82, 2.24) is 4.57 Å². The van der Waals surface area contributed by atoms with Crippen LogP contribution in [0.2, 0.25) is 0 Å². The molecule has 0 N–H and O–H groups in total. The molecule has 0 aliphatic carbocycles. The highest BCUT2D eigenvalue weighted by Crippen LogP contribution is 2.37. The average molecular weight is 380 g/mol. The zero-order valence-corrected chi connectivity index (χ0v) is 18.5. The molecule has 0 aliphatic rings. The van der Waals surface area contributed by atoms with E-state index in [1.165, 1.54) is 27.6 Å². The van der Waals surface area contributed by atoms with Gasteiger partial charge in [-0.3, -0.25) is 0 Å². The van der Waals surface area contributed by atoms with E-state index in [-0.39, 0.29) is 10.8 Å². The van der Waals surface area contributed by atoms with Gasteiger partial charge in [-0.05, 0) is 57.9 Å². The summed E-state index contributed by atoms with van der Waals surface area (Å²) in [5.41, 5.74) is 5.68. The Bertz CT molecular complexity index is 900. The topological polar surface area (TPSA) is 4.93 Å². The Balaban J connectivity index is 1.84. The molecule has 0 saturated heterocycles. The fourth-order valence-corrected chi connectivity index (χ4v) is 4.57. The van der Waals surface area contributed by atoms with Crippen LogP contribution in [0.3, 0.4) is 0 Å². The number of hydrogen-bond donors (Lipinski definition) is 1. The van der Waals surface area contributed by atoms with Crippen molar-refractivity contribution in [3.8, 4) is 0 Å².